The fraction of sp³-hybridized carbons (Fsp3) is 0.429. The van der Waals surface area contributed by atoms with Crippen molar-refractivity contribution < 1.29 is 13.2 Å². The van der Waals surface area contributed by atoms with E-state index in [1.54, 1.807) is 6.07 Å². The molecule has 0 aromatic heterocycles. The fourth-order valence-corrected chi connectivity index (χ4v) is 2.75. The summed E-state index contributed by atoms with van der Waals surface area (Å²) in [6.45, 7) is 1.98. The highest BCUT2D eigenvalue weighted by atomic mass is 35.5. The maximum absolute atomic E-state index is 11.6. The minimum atomic E-state index is -3.01. The lowest BCUT2D eigenvalue weighted by atomic mass is 10.2. The summed E-state index contributed by atoms with van der Waals surface area (Å²) in [5.41, 5.74) is 0.719. The van der Waals surface area contributed by atoms with Crippen LogP contribution in [0.25, 0.3) is 0 Å². The van der Waals surface area contributed by atoms with Gasteiger partial charge in [0.05, 0.1) is 22.9 Å². The number of hydrogen-bond acceptors (Lipinski definition) is 3. The van der Waals surface area contributed by atoms with E-state index in [1.807, 2.05) is 25.1 Å². The van der Waals surface area contributed by atoms with E-state index in [1.165, 1.54) is 0 Å². The van der Waals surface area contributed by atoms with Crippen molar-refractivity contribution >= 4 is 21.4 Å². The molecule has 0 radical (unpaired) electrons. The molecule has 3 nitrogen and oxygen atoms in total. The van der Waals surface area contributed by atoms with E-state index in [-0.39, 0.29) is 24.0 Å². The lowest BCUT2D eigenvalue weighted by Gasteiger charge is -2.08. The Kier molecular flexibility index (Phi) is 6.75. The molecule has 0 saturated carbocycles. The van der Waals surface area contributed by atoms with Crippen LogP contribution in [0.4, 0.5) is 0 Å². The standard InChI is InChI=1S/C14H17ClO3S/c1-2-11-19(16,17)12-10-18-14-8-4-3-6-13(14)7-5-9-15/h3-4,6,8H,2,9-12H2,1H3. The van der Waals surface area contributed by atoms with Crippen LogP contribution < -0.4 is 4.74 Å². The van der Waals surface area contributed by atoms with E-state index < -0.39 is 9.84 Å². The van der Waals surface area contributed by atoms with Crippen LogP contribution in [-0.2, 0) is 9.84 Å². The van der Waals surface area contributed by atoms with Gasteiger partial charge in [0, 0.05) is 0 Å². The van der Waals surface area contributed by atoms with Crippen molar-refractivity contribution in [3.63, 3.8) is 0 Å². The summed E-state index contributed by atoms with van der Waals surface area (Å²) < 4.78 is 28.6. The van der Waals surface area contributed by atoms with Crippen molar-refractivity contribution in [3.8, 4) is 17.6 Å². The van der Waals surface area contributed by atoms with Gasteiger partial charge in [-0.05, 0) is 18.6 Å². The molecule has 1 aromatic carbocycles. The zero-order valence-corrected chi connectivity index (χ0v) is 12.4. The molecule has 19 heavy (non-hydrogen) atoms. The first-order valence-electron chi connectivity index (χ1n) is 6.06. The maximum Gasteiger partial charge on any atom is 0.153 e. The van der Waals surface area contributed by atoms with Gasteiger partial charge in [0.15, 0.2) is 9.84 Å². The second-order valence-corrected chi connectivity index (χ2v) is 6.50. The normalized spacial score (nSPS) is 10.6. The highest BCUT2D eigenvalue weighted by Crippen LogP contribution is 2.16. The maximum atomic E-state index is 11.6. The molecule has 0 atom stereocenters. The van der Waals surface area contributed by atoms with Crippen molar-refractivity contribution in [2.24, 2.45) is 0 Å². The molecule has 0 aliphatic rings. The molecule has 5 heteroatoms. The van der Waals surface area contributed by atoms with E-state index >= 15 is 0 Å². The first-order chi connectivity index (χ1) is 9.09. The van der Waals surface area contributed by atoms with Gasteiger partial charge in [-0.2, -0.15) is 0 Å². The van der Waals surface area contributed by atoms with Gasteiger partial charge >= 0.3 is 0 Å². The van der Waals surface area contributed by atoms with E-state index in [0.29, 0.717) is 12.2 Å². The average molecular weight is 301 g/mol. The molecule has 104 valence electrons. The van der Waals surface area contributed by atoms with E-state index in [0.717, 1.165) is 5.56 Å². The largest absolute Gasteiger partial charge is 0.491 e. The van der Waals surface area contributed by atoms with Crippen molar-refractivity contribution in [1.29, 1.82) is 0 Å². The molecule has 0 unspecified atom stereocenters. The van der Waals surface area contributed by atoms with Crippen LogP contribution in [0.5, 0.6) is 5.75 Å². The third-order valence-electron chi connectivity index (χ3n) is 2.34. The zero-order chi connectivity index (χ0) is 14.1. The van der Waals surface area contributed by atoms with Gasteiger partial charge in [0.2, 0.25) is 0 Å². The number of hydrogen-bond donors (Lipinski definition) is 0. The van der Waals surface area contributed by atoms with Gasteiger partial charge in [-0.25, -0.2) is 8.42 Å². The van der Waals surface area contributed by atoms with Gasteiger partial charge in [-0.3, -0.25) is 0 Å². The minimum absolute atomic E-state index is 0.0259. The van der Waals surface area contributed by atoms with Crippen molar-refractivity contribution in [3.05, 3.63) is 29.8 Å². The summed E-state index contributed by atoms with van der Waals surface area (Å²) in [5, 5.41) is 0. The smallest absolute Gasteiger partial charge is 0.153 e. The zero-order valence-electron chi connectivity index (χ0n) is 10.9. The number of rotatable bonds is 6. The molecule has 0 aliphatic carbocycles. The summed E-state index contributed by atoms with van der Waals surface area (Å²) in [6.07, 6.45) is 0.625. The number of para-hydroxylation sites is 1. The molecule has 0 amide bonds. The second kappa shape index (κ2) is 8.08. The Hall–Kier alpha value is -1.18. The lowest BCUT2D eigenvalue weighted by Crippen LogP contribution is -2.17. The average Bonchev–Trinajstić information content (AvgIpc) is 2.37. The fourth-order valence-electron chi connectivity index (χ4n) is 1.52. The second-order valence-electron chi connectivity index (χ2n) is 3.93. The van der Waals surface area contributed by atoms with Gasteiger partial charge in [0.25, 0.3) is 0 Å². The first kappa shape index (κ1) is 15.9. The van der Waals surface area contributed by atoms with Crippen LogP contribution >= 0.6 is 11.6 Å². The minimum Gasteiger partial charge on any atom is -0.491 e. The van der Waals surface area contributed by atoms with Crippen LogP contribution in [0.15, 0.2) is 24.3 Å². The molecule has 0 heterocycles. The molecular weight excluding hydrogens is 284 g/mol. The first-order valence-corrected chi connectivity index (χ1v) is 8.41. The molecule has 0 fully saturated rings. The molecule has 0 saturated heterocycles. The quantitative estimate of drug-likeness (QED) is 0.599. The Balaban J connectivity index is 2.63. The number of ether oxygens (including phenoxy) is 1. The number of sulfone groups is 1. The molecule has 0 bridgehead atoms. The molecule has 1 aromatic rings. The van der Waals surface area contributed by atoms with E-state index in [4.69, 9.17) is 16.3 Å². The third-order valence-corrected chi connectivity index (χ3v) is 4.30. The van der Waals surface area contributed by atoms with Crippen LogP contribution in [0.1, 0.15) is 18.9 Å². The lowest BCUT2D eigenvalue weighted by molar-refractivity contribution is 0.340. The predicted molar refractivity (Wildman–Crippen MR) is 78.5 cm³/mol. The Morgan fingerprint density at radius 3 is 2.68 bits per heavy atom. The highest BCUT2D eigenvalue weighted by molar-refractivity contribution is 7.91. The van der Waals surface area contributed by atoms with Crippen molar-refractivity contribution in [2.75, 3.05) is 24.0 Å². The Labute approximate surface area is 119 Å². The Bertz CT molecular complexity index is 556. The number of benzene rings is 1. The van der Waals surface area contributed by atoms with Crippen LogP contribution in [0, 0.1) is 11.8 Å². The van der Waals surface area contributed by atoms with Crippen LogP contribution in [0.2, 0.25) is 0 Å². The molecule has 0 N–H and O–H groups in total. The summed E-state index contributed by atoms with van der Waals surface area (Å²) in [4.78, 5) is 0. The Morgan fingerprint density at radius 1 is 1.26 bits per heavy atom. The van der Waals surface area contributed by atoms with Crippen molar-refractivity contribution in [1.82, 2.24) is 0 Å². The van der Waals surface area contributed by atoms with E-state index in [2.05, 4.69) is 11.8 Å². The molecule has 1 rings (SSSR count). The molecule has 0 spiro atoms. The Morgan fingerprint density at radius 2 is 2.00 bits per heavy atom. The summed E-state index contributed by atoms with van der Waals surface area (Å²) in [5.74, 6) is 6.69. The van der Waals surface area contributed by atoms with Gasteiger partial charge < -0.3 is 4.74 Å². The van der Waals surface area contributed by atoms with Crippen LogP contribution in [-0.4, -0.2) is 32.4 Å². The highest BCUT2D eigenvalue weighted by Gasteiger charge is 2.10. The number of alkyl halides is 1. The summed E-state index contributed by atoms with van der Waals surface area (Å²) in [7, 11) is -3.01. The van der Waals surface area contributed by atoms with E-state index in [9.17, 15) is 8.42 Å². The van der Waals surface area contributed by atoms with Crippen LogP contribution in [0.3, 0.4) is 0 Å². The van der Waals surface area contributed by atoms with Gasteiger partial charge in [-0.1, -0.05) is 30.9 Å². The summed E-state index contributed by atoms with van der Waals surface area (Å²) in [6, 6.07) is 7.25. The SMILES string of the molecule is CCCS(=O)(=O)CCOc1ccccc1C#CCCl. The third kappa shape index (κ3) is 6.00. The van der Waals surface area contributed by atoms with Gasteiger partial charge in [-0.15, -0.1) is 11.6 Å². The summed E-state index contributed by atoms with van der Waals surface area (Å²) >= 11 is 5.51. The monoisotopic (exact) mass is 300 g/mol. The van der Waals surface area contributed by atoms with Crippen molar-refractivity contribution in [2.45, 2.75) is 13.3 Å². The van der Waals surface area contributed by atoms with Gasteiger partial charge in [0.1, 0.15) is 12.4 Å². The predicted octanol–water partition coefficient (Wildman–Crippen LogP) is 2.48. The number of halogens is 1. The molecular formula is C14H17ClO3S. The topological polar surface area (TPSA) is 43.4 Å². The molecule has 0 aliphatic heterocycles.